The molecule has 0 fully saturated rings. The van der Waals surface area contributed by atoms with Gasteiger partial charge in [-0.05, 0) is 18.1 Å². The second kappa shape index (κ2) is 7.82. The van der Waals surface area contributed by atoms with Crippen molar-refractivity contribution in [3.63, 3.8) is 0 Å². The maximum atomic E-state index is 12.4. The average Bonchev–Trinajstić information content (AvgIpc) is 2.62. The summed E-state index contributed by atoms with van der Waals surface area (Å²) in [7, 11) is -3.84. The van der Waals surface area contributed by atoms with Crippen LogP contribution in [-0.2, 0) is 16.8 Å². The Balaban J connectivity index is 1.85. The molecule has 0 aliphatic heterocycles. The summed E-state index contributed by atoms with van der Waals surface area (Å²) in [6, 6.07) is 16.7. The van der Waals surface area contributed by atoms with E-state index in [-0.39, 0.29) is 17.5 Å². The molecule has 0 unspecified atom stereocenters. The maximum absolute atomic E-state index is 12.4. The van der Waals surface area contributed by atoms with E-state index in [0.717, 1.165) is 16.7 Å². The van der Waals surface area contributed by atoms with E-state index in [1.54, 1.807) is 0 Å². The highest BCUT2D eigenvalue weighted by molar-refractivity contribution is 7.90. The Morgan fingerprint density at radius 3 is 2.38 bits per heavy atom. The summed E-state index contributed by atoms with van der Waals surface area (Å²) in [5, 5.41) is 0.171. The van der Waals surface area contributed by atoms with E-state index < -0.39 is 10.2 Å². The number of aryl methyl sites for hydroxylation is 1. The highest BCUT2D eigenvalue weighted by Crippen LogP contribution is 2.32. The minimum Gasteiger partial charge on any atom is -0.254 e. The van der Waals surface area contributed by atoms with Gasteiger partial charge in [0.15, 0.2) is 5.82 Å². The lowest BCUT2D eigenvalue weighted by Gasteiger charge is -2.13. The molecule has 2 aromatic carbocycles. The van der Waals surface area contributed by atoms with E-state index in [1.807, 2.05) is 61.5 Å². The lowest BCUT2D eigenvalue weighted by atomic mass is 10.1. The van der Waals surface area contributed by atoms with Crippen molar-refractivity contribution in [2.24, 2.45) is 0 Å². The van der Waals surface area contributed by atoms with Crippen molar-refractivity contribution in [3.05, 3.63) is 77.2 Å². The molecule has 3 aromatic rings. The van der Waals surface area contributed by atoms with Crippen molar-refractivity contribution in [2.75, 3.05) is 4.72 Å². The summed E-state index contributed by atoms with van der Waals surface area (Å²) in [6.45, 7) is 2.12. The number of hydrogen-bond acceptors (Lipinski definition) is 4. The third kappa shape index (κ3) is 4.57. The summed E-state index contributed by atoms with van der Waals surface area (Å²) in [6.07, 6.45) is 1.22. The van der Waals surface area contributed by atoms with Gasteiger partial charge in [0, 0.05) is 6.54 Å². The number of halogens is 1. The lowest BCUT2D eigenvalue weighted by molar-refractivity contribution is 0.586. The molecule has 3 rings (SSSR count). The summed E-state index contributed by atoms with van der Waals surface area (Å²) in [4.78, 5) is 8.01. The molecule has 0 aliphatic rings. The second-order valence-corrected chi connectivity index (χ2v) is 7.52. The fraction of sp³-hybridized carbons (Fsp3) is 0.111. The number of aromatic nitrogens is 2. The summed E-state index contributed by atoms with van der Waals surface area (Å²) in [5.41, 5.74) is 3.08. The van der Waals surface area contributed by atoms with Gasteiger partial charge < -0.3 is 0 Å². The Hall–Kier alpha value is -2.48. The zero-order chi connectivity index (χ0) is 18.6. The Labute approximate surface area is 157 Å². The first-order chi connectivity index (χ1) is 12.4. The molecule has 0 saturated carbocycles. The van der Waals surface area contributed by atoms with E-state index in [4.69, 9.17) is 11.6 Å². The fourth-order valence-electron chi connectivity index (χ4n) is 2.36. The summed E-state index contributed by atoms with van der Waals surface area (Å²) >= 11 is 6.20. The van der Waals surface area contributed by atoms with Crippen molar-refractivity contribution in [2.45, 2.75) is 13.5 Å². The van der Waals surface area contributed by atoms with Crippen LogP contribution in [-0.4, -0.2) is 18.4 Å². The first kappa shape index (κ1) is 18.3. The molecule has 6 nitrogen and oxygen atoms in total. The quantitative estimate of drug-likeness (QED) is 0.632. The highest BCUT2D eigenvalue weighted by Gasteiger charge is 2.17. The molecule has 134 valence electrons. The number of rotatable bonds is 6. The van der Waals surface area contributed by atoms with E-state index in [9.17, 15) is 8.42 Å². The van der Waals surface area contributed by atoms with Crippen LogP contribution in [0.25, 0.3) is 11.1 Å². The predicted molar refractivity (Wildman–Crippen MR) is 103 cm³/mol. The average molecular weight is 389 g/mol. The topological polar surface area (TPSA) is 84.0 Å². The van der Waals surface area contributed by atoms with Gasteiger partial charge in [-0.2, -0.15) is 13.1 Å². The molecule has 0 saturated heterocycles. The molecule has 8 heteroatoms. The Morgan fingerprint density at radius 1 is 1.00 bits per heavy atom. The molecular formula is C18H17ClN4O2S. The third-order valence-electron chi connectivity index (χ3n) is 3.68. The molecule has 0 bridgehead atoms. The van der Waals surface area contributed by atoms with Gasteiger partial charge >= 0.3 is 10.2 Å². The van der Waals surface area contributed by atoms with Crippen LogP contribution in [0.5, 0.6) is 0 Å². The van der Waals surface area contributed by atoms with Gasteiger partial charge in [-0.3, -0.25) is 4.72 Å². The van der Waals surface area contributed by atoms with Gasteiger partial charge in [0.2, 0.25) is 0 Å². The largest absolute Gasteiger partial charge is 0.300 e. The summed E-state index contributed by atoms with van der Waals surface area (Å²) in [5.74, 6) is 0.120. The van der Waals surface area contributed by atoms with Crippen LogP contribution in [0.1, 0.15) is 11.1 Å². The van der Waals surface area contributed by atoms with Gasteiger partial charge in [0.25, 0.3) is 0 Å². The first-order valence-electron chi connectivity index (χ1n) is 7.83. The van der Waals surface area contributed by atoms with Crippen molar-refractivity contribution in [3.8, 4) is 11.1 Å². The monoisotopic (exact) mass is 388 g/mol. The molecule has 1 aromatic heterocycles. The molecule has 26 heavy (non-hydrogen) atoms. The highest BCUT2D eigenvalue weighted by atomic mass is 35.5. The van der Waals surface area contributed by atoms with E-state index in [2.05, 4.69) is 19.4 Å². The number of hydrogen-bond donors (Lipinski definition) is 2. The van der Waals surface area contributed by atoms with Crippen LogP contribution >= 0.6 is 11.6 Å². The number of nitrogens with one attached hydrogen (secondary N) is 2. The van der Waals surface area contributed by atoms with Gasteiger partial charge in [-0.15, -0.1) is 0 Å². The molecule has 0 aliphatic carbocycles. The Morgan fingerprint density at radius 2 is 1.69 bits per heavy atom. The van der Waals surface area contributed by atoms with Gasteiger partial charge in [0.1, 0.15) is 11.5 Å². The zero-order valence-electron chi connectivity index (χ0n) is 14.0. The van der Waals surface area contributed by atoms with E-state index in [1.165, 1.54) is 6.33 Å². The minimum absolute atomic E-state index is 0.120. The van der Waals surface area contributed by atoms with Crippen molar-refractivity contribution >= 4 is 27.6 Å². The zero-order valence-corrected chi connectivity index (χ0v) is 15.6. The van der Waals surface area contributed by atoms with Gasteiger partial charge in [0.05, 0.1) is 5.56 Å². The molecule has 2 N–H and O–H groups in total. The molecule has 0 spiro atoms. The van der Waals surface area contributed by atoms with E-state index in [0.29, 0.717) is 5.56 Å². The van der Waals surface area contributed by atoms with Crippen LogP contribution in [0.3, 0.4) is 0 Å². The second-order valence-electron chi connectivity index (χ2n) is 5.67. The van der Waals surface area contributed by atoms with Gasteiger partial charge in [-0.1, -0.05) is 71.8 Å². The first-order valence-corrected chi connectivity index (χ1v) is 9.69. The van der Waals surface area contributed by atoms with Crippen molar-refractivity contribution < 1.29 is 8.42 Å². The third-order valence-corrected chi connectivity index (χ3v) is 4.95. The van der Waals surface area contributed by atoms with Gasteiger partial charge in [-0.25, -0.2) is 9.97 Å². The van der Waals surface area contributed by atoms with E-state index >= 15 is 0 Å². The standard InChI is InChI=1S/C18H17ClN4O2S/c1-13-7-9-15(10-8-13)16-17(19)20-12-21-18(16)23-26(24,25)22-11-14-5-3-2-4-6-14/h2-10,12,22H,11H2,1H3,(H,20,21,23). The predicted octanol–water partition coefficient (Wildman–Crippen LogP) is 3.55. The van der Waals surface area contributed by atoms with Crippen LogP contribution in [0.2, 0.25) is 5.15 Å². The van der Waals surface area contributed by atoms with Crippen LogP contribution in [0.4, 0.5) is 5.82 Å². The molecule has 1 heterocycles. The fourth-order valence-corrected chi connectivity index (χ4v) is 3.44. The smallest absolute Gasteiger partial charge is 0.254 e. The molecule has 0 radical (unpaired) electrons. The van der Waals surface area contributed by atoms with Crippen LogP contribution in [0, 0.1) is 6.92 Å². The number of nitrogens with zero attached hydrogens (tertiary/aromatic N) is 2. The SMILES string of the molecule is Cc1ccc(-c2c(Cl)ncnc2NS(=O)(=O)NCc2ccccc2)cc1. The number of anilines is 1. The lowest BCUT2D eigenvalue weighted by Crippen LogP contribution is -2.30. The normalized spacial score (nSPS) is 11.3. The Kier molecular flexibility index (Phi) is 5.51. The van der Waals surface area contributed by atoms with Crippen LogP contribution < -0.4 is 9.44 Å². The summed E-state index contributed by atoms with van der Waals surface area (Å²) < 4.78 is 29.7. The molecular weight excluding hydrogens is 372 g/mol. The molecule has 0 atom stereocenters. The van der Waals surface area contributed by atoms with Crippen molar-refractivity contribution in [1.29, 1.82) is 0 Å². The maximum Gasteiger partial charge on any atom is 0.300 e. The number of benzene rings is 2. The Bertz CT molecular complexity index is 993. The minimum atomic E-state index is -3.84. The van der Waals surface area contributed by atoms with Crippen molar-refractivity contribution in [1.82, 2.24) is 14.7 Å². The van der Waals surface area contributed by atoms with Crippen LogP contribution in [0.15, 0.2) is 60.9 Å². The molecule has 0 amide bonds.